The van der Waals surface area contributed by atoms with Gasteiger partial charge in [0, 0.05) is 54.6 Å². The third-order valence-electron chi connectivity index (χ3n) is 6.35. The lowest BCUT2D eigenvalue weighted by atomic mass is 10.1. The fourth-order valence-electron chi connectivity index (χ4n) is 4.53. The number of carbonyl (C=O) groups excluding carboxylic acids is 1. The Morgan fingerprint density at radius 3 is 2.38 bits per heavy atom. The van der Waals surface area contributed by atoms with Gasteiger partial charge < -0.3 is 4.90 Å². The molecule has 4 heterocycles. The summed E-state index contributed by atoms with van der Waals surface area (Å²) in [4.78, 5) is 22.3. The molecule has 0 bridgehead atoms. The number of aryl methyl sites for hydroxylation is 4. The van der Waals surface area contributed by atoms with Gasteiger partial charge in [0.05, 0.1) is 21.5 Å². The van der Waals surface area contributed by atoms with Gasteiger partial charge in [-0.3, -0.25) is 9.48 Å². The van der Waals surface area contributed by atoms with E-state index >= 15 is 0 Å². The van der Waals surface area contributed by atoms with Gasteiger partial charge in [-0.2, -0.15) is 9.40 Å². The van der Waals surface area contributed by atoms with Crippen molar-refractivity contribution in [3.8, 4) is 0 Å². The zero-order chi connectivity index (χ0) is 22.8. The number of piperazine rings is 1. The maximum absolute atomic E-state index is 13.5. The molecule has 1 amide bonds. The molecular weight excluding hydrogens is 446 g/mol. The van der Waals surface area contributed by atoms with Crippen molar-refractivity contribution in [3.05, 3.63) is 38.8 Å². The van der Waals surface area contributed by atoms with Gasteiger partial charge in [-0.25, -0.2) is 13.4 Å². The van der Waals surface area contributed by atoms with E-state index in [1.54, 1.807) is 15.6 Å². The average Bonchev–Trinajstić information content (AvgIpc) is 3.50. The number of thiophene rings is 1. The zero-order valence-corrected chi connectivity index (χ0v) is 20.4. The molecule has 2 fully saturated rings. The Hall–Kier alpha value is -2.30. The van der Waals surface area contributed by atoms with Crippen molar-refractivity contribution >= 4 is 38.3 Å². The predicted octanol–water partition coefficient (Wildman–Crippen LogP) is 2.98. The molecule has 3 aromatic rings. The normalized spacial score (nSPS) is 17.9. The quantitative estimate of drug-likeness (QED) is 0.581. The molecule has 1 aliphatic heterocycles. The number of hydrogen-bond donors (Lipinski definition) is 0. The molecule has 32 heavy (non-hydrogen) atoms. The van der Waals surface area contributed by atoms with Crippen molar-refractivity contribution in [1.82, 2.24) is 24.0 Å². The van der Waals surface area contributed by atoms with Gasteiger partial charge in [0.1, 0.15) is 0 Å². The molecule has 0 spiro atoms. The zero-order valence-electron chi connectivity index (χ0n) is 18.8. The van der Waals surface area contributed by atoms with Crippen LogP contribution in [-0.4, -0.2) is 64.5 Å². The number of hydrogen-bond acceptors (Lipinski definition) is 6. The third kappa shape index (κ3) is 3.54. The van der Waals surface area contributed by atoms with Crippen molar-refractivity contribution in [2.45, 2.75) is 44.4 Å². The fraction of sp³-hybridized carbons (Fsp3) is 0.500. The summed E-state index contributed by atoms with van der Waals surface area (Å²) >= 11 is 1.49. The van der Waals surface area contributed by atoms with Crippen LogP contribution in [-0.2, 0) is 17.1 Å². The van der Waals surface area contributed by atoms with Crippen LogP contribution in [0.25, 0.3) is 11.0 Å². The first-order valence-electron chi connectivity index (χ1n) is 10.9. The van der Waals surface area contributed by atoms with Gasteiger partial charge in [0.15, 0.2) is 5.65 Å². The molecule has 3 aromatic heterocycles. The Kier molecular flexibility index (Phi) is 5.14. The maximum atomic E-state index is 13.5. The van der Waals surface area contributed by atoms with Gasteiger partial charge in [0.25, 0.3) is 5.91 Å². The molecular formula is C22H27N5O3S2. The molecule has 5 rings (SSSR count). The van der Waals surface area contributed by atoms with E-state index in [4.69, 9.17) is 4.98 Å². The first-order chi connectivity index (χ1) is 15.2. The number of fused-ring (bicyclic) bond motifs is 1. The summed E-state index contributed by atoms with van der Waals surface area (Å²) in [5.41, 5.74) is 3.10. The molecule has 1 saturated carbocycles. The molecule has 170 valence electrons. The standard InChI is InChI=1S/C22H27N5O3S2/c1-13-11-19(15(3)31-13)32(29,30)27-9-7-26(8-10-27)22(28)17-12-18(16-5-6-16)23-21-20(17)14(2)24-25(21)4/h11-12,16H,5-10H2,1-4H3. The fourth-order valence-corrected chi connectivity index (χ4v) is 7.47. The lowest BCUT2D eigenvalue weighted by Crippen LogP contribution is -2.50. The number of aromatic nitrogens is 3. The topological polar surface area (TPSA) is 88.4 Å². The first kappa shape index (κ1) is 21.5. The Morgan fingerprint density at radius 1 is 1.09 bits per heavy atom. The van der Waals surface area contributed by atoms with E-state index in [1.165, 1.54) is 15.6 Å². The van der Waals surface area contributed by atoms with Crippen LogP contribution in [0.4, 0.5) is 0 Å². The summed E-state index contributed by atoms with van der Waals surface area (Å²) < 4.78 is 29.5. The van der Waals surface area contributed by atoms with Crippen molar-refractivity contribution in [3.63, 3.8) is 0 Å². The number of nitrogens with zero attached hydrogens (tertiary/aromatic N) is 5. The van der Waals surface area contributed by atoms with E-state index in [2.05, 4.69) is 5.10 Å². The van der Waals surface area contributed by atoms with Crippen LogP contribution in [0.2, 0.25) is 0 Å². The molecule has 0 unspecified atom stereocenters. The summed E-state index contributed by atoms with van der Waals surface area (Å²) in [5, 5.41) is 5.28. The van der Waals surface area contributed by atoms with Crippen LogP contribution in [0.1, 0.15) is 50.3 Å². The molecule has 1 saturated heterocycles. The Balaban J connectivity index is 1.40. The van der Waals surface area contributed by atoms with E-state index in [0.29, 0.717) is 29.5 Å². The van der Waals surface area contributed by atoms with Crippen molar-refractivity contribution in [1.29, 1.82) is 0 Å². The minimum atomic E-state index is -3.55. The van der Waals surface area contributed by atoms with Crippen LogP contribution in [0, 0.1) is 20.8 Å². The lowest BCUT2D eigenvalue weighted by Gasteiger charge is -2.34. The molecule has 8 nitrogen and oxygen atoms in total. The van der Waals surface area contributed by atoms with Gasteiger partial charge in [0.2, 0.25) is 10.0 Å². The van der Waals surface area contributed by atoms with Crippen LogP contribution in [0.3, 0.4) is 0 Å². The number of amides is 1. The minimum absolute atomic E-state index is 0.0741. The van der Waals surface area contributed by atoms with Crippen LogP contribution < -0.4 is 0 Å². The summed E-state index contributed by atoms with van der Waals surface area (Å²) in [7, 11) is -1.70. The Morgan fingerprint density at radius 2 is 1.78 bits per heavy atom. The second-order valence-corrected chi connectivity index (χ2v) is 12.1. The molecule has 2 aliphatic rings. The van der Waals surface area contributed by atoms with E-state index in [-0.39, 0.29) is 19.0 Å². The molecule has 0 radical (unpaired) electrons. The van der Waals surface area contributed by atoms with Crippen molar-refractivity contribution in [2.24, 2.45) is 7.05 Å². The number of carbonyl (C=O) groups is 1. The highest BCUT2D eigenvalue weighted by Gasteiger charge is 2.34. The van der Waals surface area contributed by atoms with E-state index in [1.807, 2.05) is 33.9 Å². The van der Waals surface area contributed by atoms with Crippen LogP contribution >= 0.6 is 11.3 Å². The number of sulfonamides is 1. The largest absolute Gasteiger partial charge is 0.336 e. The first-order valence-corrected chi connectivity index (χ1v) is 13.1. The van der Waals surface area contributed by atoms with Gasteiger partial charge in [-0.15, -0.1) is 11.3 Å². The molecule has 1 aliphatic carbocycles. The summed E-state index contributed by atoms with van der Waals surface area (Å²) in [5.74, 6) is 0.343. The minimum Gasteiger partial charge on any atom is -0.336 e. The SMILES string of the molecule is Cc1cc(S(=O)(=O)N2CCN(C(=O)c3cc(C4CC4)nc4c3c(C)nn4C)CC2)c(C)s1. The lowest BCUT2D eigenvalue weighted by molar-refractivity contribution is 0.0699. The second kappa shape index (κ2) is 7.64. The van der Waals surface area contributed by atoms with Crippen molar-refractivity contribution in [2.75, 3.05) is 26.2 Å². The van der Waals surface area contributed by atoms with Gasteiger partial charge in [-0.1, -0.05) is 0 Å². The second-order valence-electron chi connectivity index (χ2n) is 8.75. The highest BCUT2D eigenvalue weighted by Crippen LogP contribution is 2.40. The number of pyridine rings is 1. The van der Waals surface area contributed by atoms with Gasteiger partial charge in [-0.05, 0) is 45.7 Å². The van der Waals surface area contributed by atoms with E-state index in [9.17, 15) is 13.2 Å². The summed E-state index contributed by atoms with van der Waals surface area (Å²) in [6, 6.07) is 3.67. The molecule has 0 N–H and O–H groups in total. The average molecular weight is 474 g/mol. The maximum Gasteiger partial charge on any atom is 0.254 e. The predicted molar refractivity (Wildman–Crippen MR) is 124 cm³/mol. The van der Waals surface area contributed by atoms with Crippen LogP contribution in [0.15, 0.2) is 17.0 Å². The molecule has 0 atom stereocenters. The van der Waals surface area contributed by atoms with Gasteiger partial charge >= 0.3 is 0 Å². The van der Waals surface area contributed by atoms with E-state index in [0.717, 1.165) is 45.0 Å². The molecule has 0 aromatic carbocycles. The highest BCUT2D eigenvalue weighted by molar-refractivity contribution is 7.89. The Labute approximate surface area is 191 Å². The monoisotopic (exact) mass is 473 g/mol. The summed E-state index contributed by atoms with van der Waals surface area (Å²) in [6.45, 7) is 6.96. The Bertz CT molecular complexity index is 1330. The third-order valence-corrected chi connectivity index (χ3v) is 9.47. The van der Waals surface area contributed by atoms with Crippen LogP contribution in [0.5, 0.6) is 0 Å². The summed E-state index contributed by atoms with van der Waals surface area (Å²) in [6.07, 6.45) is 2.20. The molecule has 10 heteroatoms. The van der Waals surface area contributed by atoms with E-state index < -0.39 is 10.0 Å². The highest BCUT2D eigenvalue weighted by atomic mass is 32.2. The van der Waals surface area contributed by atoms with Crippen molar-refractivity contribution < 1.29 is 13.2 Å². The smallest absolute Gasteiger partial charge is 0.254 e. The number of rotatable bonds is 4.